The summed E-state index contributed by atoms with van der Waals surface area (Å²) in [7, 11) is 0. The normalized spacial score (nSPS) is 21.0. The van der Waals surface area contributed by atoms with Gasteiger partial charge < -0.3 is 5.11 Å². The van der Waals surface area contributed by atoms with Gasteiger partial charge in [0.15, 0.2) is 0 Å². The van der Waals surface area contributed by atoms with E-state index in [1.807, 2.05) is 19.9 Å². The molecule has 0 saturated carbocycles. The van der Waals surface area contributed by atoms with E-state index in [0.29, 0.717) is 0 Å². The highest BCUT2D eigenvalue weighted by Gasteiger charge is 2.34. The molecule has 1 nitrogen and oxygen atoms in total. The van der Waals surface area contributed by atoms with Crippen LogP contribution >= 0.6 is 27.7 Å². The van der Waals surface area contributed by atoms with Crippen LogP contribution in [0.4, 0.5) is 0 Å². The summed E-state index contributed by atoms with van der Waals surface area (Å²) in [6, 6.07) is 6.23. The number of rotatable bonds is 1. The molecule has 0 amide bonds. The Balaban J connectivity index is 2.31. The smallest absolute Gasteiger partial charge is 0.0716 e. The fraction of sp³-hybridized carbons (Fsp3) is 0.455. The molecular formula is C11H13BrOS. The molecule has 1 aliphatic heterocycles. The largest absolute Gasteiger partial charge is 0.389 e. The zero-order valence-corrected chi connectivity index (χ0v) is 10.7. The van der Waals surface area contributed by atoms with Crippen LogP contribution in [-0.2, 0) is 6.42 Å². The van der Waals surface area contributed by atoms with Crippen LogP contribution in [0.2, 0.25) is 0 Å². The summed E-state index contributed by atoms with van der Waals surface area (Å²) in [5.74, 6) is 0. The second-order valence-electron chi connectivity index (χ2n) is 4.18. The van der Waals surface area contributed by atoms with Gasteiger partial charge >= 0.3 is 0 Å². The minimum absolute atomic E-state index is 0.274. The molecule has 2 rings (SSSR count). The molecule has 0 aromatic heterocycles. The summed E-state index contributed by atoms with van der Waals surface area (Å²) in [5.41, 5.74) is 0.730. The van der Waals surface area contributed by atoms with Crippen LogP contribution in [0.1, 0.15) is 19.4 Å². The molecule has 0 bridgehead atoms. The first kappa shape index (κ1) is 10.5. The van der Waals surface area contributed by atoms with Gasteiger partial charge in [0.1, 0.15) is 0 Å². The minimum atomic E-state index is -0.608. The van der Waals surface area contributed by atoms with Gasteiger partial charge in [0.25, 0.3) is 0 Å². The van der Waals surface area contributed by atoms with Crippen molar-refractivity contribution in [2.24, 2.45) is 0 Å². The van der Waals surface area contributed by atoms with Gasteiger partial charge in [0.2, 0.25) is 0 Å². The maximum absolute atomic E-state index is 9.94. The zero-order valence-electron chi connectivity index (χ0n) is 8.25. The SMILES string of the molecule is CC(C)(O)C1Cc2c(Br)cccc2S1. The van der Waals surface area contributed by atoms with Gasteiger partial charge in [-0.1, -0.05) is 22.0 Å². The zero-order chi connectivity index (χ0) is 10.3. The molecular weight excluding hydrogens is 260 g/mol. The number of aliphatic hydroxyl groups is 1. The van der Waals surface area contributed by atoms with Crippen LogP contribution in [0.5, 0.6) is 0 Å². The van der Waals surface area contributed by atoms with Crippen LogP contribution in [0.25, 0.3) is 0 Å². The van der Waals surface area contributed by atoms with Crippen LogP contribution < -0.4 is 0 Å². The summed E-state index contributed by atoms with van der Waals surface area (Å²) >= 11 is 5.32. The Morgan fingerprint density at radius 3 is 2.79 bits per heavy atom. The second kappa shape index (κ2) is 3.54. The Hall–Kier alpha value is 0.01000. The summed E-state index contributed by atoms with van der Waals surface area (Å²) in [4.78, 5) is 1.30. The van der Waals surface area contributed by atoms with Gasteiger partial charge in [-0.15, -0.1) is 11.8 Å². The third-order valence-corrected chi connectivity index (χ3v) is 4.93. The first-order chi connectivity index (χ1) is 6.48. The van der Waals surface area contributed by atoms with Crippen molar-refractivity contribution in [2.45, 2.75) is 36.0 Å². The van der Waals surface area contributed by atoms with Gasteiger partial charge in [-0.25, -0.2) is 0 Å². The fourth-order valence-electron chi connectivity index (χ4n) is 1.62. The molecule has 14 heavy (non-hydrogen) atoms. The average Bonchev–Trinajstić information content (AvgIpc) is 2.48. The standard InChI is InChI=1S/C11H13BrOS/c1-11(2,13)10-6-7-8(12)4-3-5-9(7)14-10/h3-5,10,13H,6H2,1-2H3. The van der Waals surface area contributed by atoms with Crippen molar-refractivity contribution in [1.29, 1.82) is 0 Å². The molecule has 1 heterocycles. The van der Waals surface area contributed by atoms with Gasteiger partial charge in [-0.2, -0.15) is 0 Å². The molecule has 1 aromatic rings. The van der Waals surface area contributed by atoms with Crippen molar-refractivity contribution in [2.75, 3.05) is 0 Å². The highest BCUT2D eigenvalue weighted by molar-refractivity contribution is 9.10. The highest BCUT2D eigenvalue weighted by atomic mass is 79.9. The quantitative estimate of drug-likeness (QED) is 0.847. The number of hydrogen-bond donors (Lipinski definition) is 1. The van der Waals surface area contributed by atoms with Gasteiger partial charge in [-0.05, 0) is 38.0 Å². The lowest BCUT2D eigenvalue weighted by Gasteiger charge is -2.24. The van der Waals surface area contributed by atoms with Crippen molar-refractivity contribution in [1.82, 2.24) is 0 Å². The molecule has 3 heteroatoms. The predicted molar refractivity (Wildman–Crippen MR) is 63.8 cm³/mol. The Kier molecular flexibility index (Phi) is 2.66. The van der Waals surface area contributed by atoms with Gasteiger partial charge in [-0.3, -0.25) is 0 Å². The van der Waals surface area contributed by atoms with Gasteiger partial charge in [0, 0.05) is 14.6 Å². The molecule has 1 atom stereocenters. The molecule has 0 aliphatic carbocycles. The lowest BCUT2D eigenvalue weighted by Crippen LogP contribution is -2.32. The van der Waals surface area contributed by atoms with E-state index in [2.05, 4.69) is 28.1 Å². The molecule has 0 saturated heterocycles. The lowest BCUT2D eigenvalue weighted by molar-refractivity contribution is 0.0786. The Labute approximate surface area is 97.0 Å². The van der Waals surface area contributed by atoms with E-state index in [4.69, 9.17) is 0 Å². The lowest BCUT2D eigenvalue weighted by atomic mass is 9.99. The van der Waals surface area contributed by atoms with E-state index in [1.165, 1.54) is 10.5 Å². The second-order valence-corrected chi connectivity index (χ2v) is 6.28. The van der Waals surface area contributed by atoms with E-state index in [0.717, 1.165) is 10.9 Å². The Morgan fingerprint density at radius 1 is 1.50 bits per heavy atom. The molecule has 76 valence electrons. The average molecular weight is 273 g/mol. The van der Waals surface area contributed by atoms with Crippen LogP contribution in [0, 0.1) is 0 Å². The number of fused-ring (bicyclic) bond motifs is 1. The maximum atomic E-state index is 9.94. The van der Waals surface area contributed by atoms with E-state index in [1.54, 1.807) is 11.8 Å². The summed E-state index contributed by atoms with van der Waals surface area (Å²) < 4.78 is 1.16. The van der Waals surface area contributed by atoms with E-state index in [-0.39, 0.29) is 5.25 Å². The monoisotopic (exact) mass is 272 g/mol. The molecule has 1 aliphatic rings. The van der Waals surface area contributed by atoms with Crippen LogP contribution in [-0.4, -0.2) is 16.0 Å². The van der Waals surface area contributed by atoms with Crippen molar-refractivity contribution in [3.63, 3.8) is 0 Å². The summed E-state index contributed by atoms with van der Waals surface area (Å²) in [6.45, 7) is 3.76. The first-order valence-electron chi connectivity index (χ1n) is 4.65. The Bertz CT molecular complexity index is 357. The van der Waals surface area contributed by atoms with E-state index in [9.17, 15) is 5.11 Å². The third kappa shape index (κ3) is 1.86. The third-order valence-electron chi connectivity index (χ3n) is 2.52. The molecule has 0 spiro atoms. The van der Waals surface area contributed by atoms with Crippen molar-refractivity contribution >= 4 is 27.7 Å². The fourth-order valence-corrected chi connectivity index (χ4v) is 3.62. The van der Waals surface area contributed by atoms with Crippen LogP contribution in [0.3, 0.4) is 0 Å². The molecule has 1 aromatic carbocycles. The number of thioether (sulfide) groups is 1. The van der Waals surface area contributed by atoms with Gasteiger partial charge in [0.05, 0.1) is 5.60 Å². The molecule has 1 N–H and O–H groups in total. The van der Waals surface area contributed by atoms with Crippen molar-refractivity contribution < 1.29 is 5.11 Å². The predicted octanol–water partition coefficient (Wildman–Crippen LogP) is 3.24. The number of hydrogen-bond acceptors (Lipinski definition) is 2. The van der Waals surface area contributed by atoms with Crippen molar-refractivity contribution in [3.8, 4) is 0 Å². The van der Waals surface area contributed by atoms with E-state index < -0.39 is 5.60 Å². The number of halogens is 1. The van der Waals surface area contributed by atoms with Crippen molar-refractivity contribution in [3.05, 3.63) is 28.2 Å². The summed E-state index contributed by atoms with van der Waals surface area (Å²) in [5, 5.41) is 10.2. The van der Waals surface area contributed by atoms with Crippen LogP contribution in [0.15, 0.2) is 27.6 Å². The molecule has 1 unspecified atom stereocenters. The molecule has 0 fully saturated rings. The Morgan fingerprint density at radius 2 is 2.21 bits per heavy atom. The molecule has 0 radical (unpaired) electrons. The minimum Gasteiger partial charge on any atom is -0.389 e. The topological polar surface area (TPSA) is 20.2 Å². The maximum Gasteiger partial charge on any atom is 0.0716 e. The number of benzene rings is 1. The highest BCUT2D eigenvalue weighted by Crippen LogP contribution is 2.44. The summed E-state index contributed by atoms with van der Waals surface area (Å²) in [6.07, 6.45) is 0.949. The first-order valence-corrected chi connectivity index (χ1v) is 6.32. The van der Waals surface area contributed by atoms with E-state index >= 15 is 0 Å².